The molecule has 0 heterocycles. The van der Waals surface area contributed by atoms with Gasteiger partial charge in [0.25, 0.3) is 5.69 Å². The summed E-state index contributed by atoms with van der Waals surface area (Å²) in [6.45, 7) is 2.37. The van der Waals surface area contributed by atoms with E-state index in [9.17, 15) is 10.1 Å². The molecule has 0 bridgehead atoms. The fourth-order valence-corrected chi connectivity index (χ4v) is 1.76. The van der Waals surface area contributed by atoms with Gasteiger partial charge in [0.1, 0.15) is 17.4 Å². The molecule has 0 aliphatic carbocycles. The number of hydrogen-bond donors (Lipinski definition) is 0. The molecule has 2 aromatic rings. The van der Waals surface area contributed by atoms with Gasteiger partial charge in [-0.1, -0.05) is 41.4 Å². The molecule has 0 saturated heterocycles. The van der Waals surface area contributed by atoms with Gasteiger partial charge < -0.3 is 4.74 Å². The van der Waals surface area contributed by atoms with Gasteiger partial charge >= 0.3 is 0 Å². The molecule has 98 valence electrons. The molecular weight excluding hydrogens is 266 g/mol. The van der Waals surface area contributed by atoms with Crippen LogP contribution in [0.5, 0.6) is 5.75 Å². The number of halogens is 1. The van der Waals surface area contributed by atoms with Crippen LogP contribution in [-0.4, -0.2) is 4.92 Å². The molecule has 4 nitrogen and oxygen atoms in total. The smallest absolute Gasteiger partial charge is 0.291 e. The minimum absolute atomic E-state index is 0.104. The Morgan fingerprint density at radius 1 is 1.21 bits per heavy atom. The van der Waals surface area contributed by atoms with Crippen LogP contribution < -0.4 is 4.74 Å². The molecule has 0 amide bonds. The first-order valence-electron chi connectivity index (χ1n) is 5.68. The highest BCUT2D eigenvalue weighted by Crippen LogP contribution is 2.28. The summed E-state index contributed by atoms with van der Waals surface area (Å²) in [7, 11) is 0. The summed E-state index contributed by atoms with van der Waals surface area (Å²) < 4.78 is 5.51. The van der Waals surface area contributed by atoms with E-state index in [2.05, 4.69) is 0 Å². The topological polar surface area (TPSA) is 52.4 Å². The van der Waals surface area contributed by atoms with Crippen LogP contribution in [0, 0.1) is 17.0 Å². The lowest BCUT2D eigenvalue weighted by molar-refractivity contribution is -0.384. The van der Waals surface area contributed by atoms with Crippen molar-refractivity contribution in [1.29, 1.82) is 0 Å². The van der Waals surface area contributed by atoms with Gasteiger partial charge in [0, 0.05) is 0 Å². The first-order chi connectivity index (χ1) is 9.06. The van der Waals surface area contributed by atoms with Crippen molar-refractivity contribution in [2.24, 2.45) is 0 Å². The number of ether oxygens (including phenoxy) is 1. The van der Waals surface area contributed by atoms with Crippen LogP contribution in [0.1, 0.15) is 11.1 Å². The Kier molecular flexibility index (Phi) is 4.02. The summed E-state index contributed by atoms with van der Waals surface area (Å²) in [4.78, 5) is 10.2. The molecule has 19 heavy (non-hydrogen) atoms. The summed E-state index contributed by atoms with van der Waals surface area (Å²) in [5, 5.41) is 10.9. The van der Waals surface area contributed by atoms with E-state index in [0.29, 0.717) is 12.4 Å². The Morgan fingerprint density at radius 2 is 1.89 bits per heavy atom. The molecule has 0 atom stereocenters. The largest absolute Gasteiger partial charge is 0.489 e. The molecule has 2 aromatic carbocycles. The molecule has 0 unspecified atom stereocenters. The molecular formula is C14H12ClNO3. The third kappa shape index (κ3) is 3.45. The molecule has 5 heteroatoms. The average molecular weight is 278 g/mol. The van der Waals surface area contributed by atoms with Gasteiger partial charge in [0.05, 0.1) is 11.0 Å². The monoisotopic (exact) mass is 277 g/mol. The lowest BCUT2D eigenvalue weighted by Crippen LogP contribution is -1.96. The van der Waals surface area contributed by atoms with Crippen molar-refractivity contribution in [3.63, 3.8) is 0 Å². The van der Waals surface area contributed by atoms with Crippen molar-refractivity contribution in [2.75, 3.05) is 0 Å². The highest BCUT2D eigenvalue weighted by Gasteiger charge is 2.13. The molecule has 0 aliphatic heterocycles. The van der Waals surface area contributed by atoms with Crippen molar-refractivity contribution in [3.8, 4) is 5.75 Å². The quantitative estimate of drug-likeness (QED) is 0.623. The number of aryl methyl sites for hydroxylation is 1. The zero-order chi connectivity index (χ0) is 13.8. The van der Waals surface area contributed by atoms with E-state index in [4.69, 9.17) is 16.3 Å². The summed E-state index contributed by atoms with van der Waals surface area (Å²) in [5.41, 5.74) is 2.03. The Labute approximate surface area is 115 Å². The van der Waals surface area contributed by atoms with Crippen molar-refractivity contribution in [2.45, 2.75) is 13.5 Å². The highest BCUT2D eigenvalue weighted by atomic mass is 35.5. The summed E-state index contributed by atoms with van der Waals surface area (Å²) in [6, 6.07) is 12.3. The first-order valence-corrected chi connectivity index (χ1v) is 6.06. The predicted molar refractivity (Wildman–Crippen MR) is 73.6 cm³/mol. The minimum atomic E-state index is -0.527. The summed E-state index contributed by atoms with van der Waals surface area (Å²) >= 11 is 5.73. The van der Waals surface area contributed by atoms with Gasteiger partial charge in [0.15, 0.2) is 0 Å². The van der Waals surface area contributed by atoms with Crippen LogP contribution >= 0.6 is 11.6 Å². The predicted octanol–water partition coefficient (Wildman–Crippen LogP) is 4.14. The van der Waals surface area contributed by atoms with E-state index in [0.717, 1.165) is 5.56 Å². The van der Waals surface area contributed by atoms with E-state index in [-0.39, 0.29) is 10.7 Å². The number of benzene rings is 2. The van der Waals surface area contributed by atoms with E-state index in [1.54, 1.807) is 6.07 Å². The summed E-state index contributed by atoms with van der Waals surface area (Å²) in [5.74, 6) is 0.427. The molecule has 0 spiro atoms. The zero-order valence-electron chi connectivity index (χ0n) is 10.3. The summed E-state index contributed by atoms with van der Waals surface area (Å²) in [6.07, 6.45) is 0. The maximum Gasteiger partial charge on any atom is 0.291 e. The molecule has 0 aromatic heterocycles. The number of nitro benzene ring substituents is 1. The van der Waals surface area contributed by atoms with E-state index >= 15 is 0 Å². The lowest BCUT2D eigenvalue weighted by atomic mass is 10.2. The number of nitrogens with zero attached hydrogens (tertiary/aromatic N) is 1. The van der Waals surface area contributed by atoms with Gasteiger partial charge in [-0.3, -0.25) is 10.1 Å². The first kappa shape index (κ1) is 13.4. The van der Waals surface area contributed by atoms with Crippen LogP contribution in [0.15, 0.2) is 42.5 Å². The second kappa shape index (κ2) is 5.71. The minimum Gasteiger partial charge on any atom is -0.489 e. The van der Waals surface area contributed by atoms with Gasteiger partial charge in [-0.25, -0.2) is 0 Å². The van der Waals surface area contributed by atoms with E-state index in [1.807, 2.05) is 31.2 Å². The maximum absolute atomic E-state index is 10.8. The Morgan fingerprint density at radius 3 is 2.53 bits per heavy atom. The van der Waals surface area contributed by atoms with Crippen LogP contribution in [0.4, 0.5) is 5.69 Å². The molecule has 0 saturated carbocycles. The van der Waals surface area contributed by atoms with E-state index < -0.39 is 4.92 Å². The Balaban J connectivity index is 2.09. The van der Waals surface area contributed by atoms with Gasteiger partial charge in [-0.05, 0) is 24.6 Å². The van der Waals surface area contributed by atoms with Gasteiger partial charge in [-0.2, -0.15) is 0 Å². The van der Waals surface area contributed by atoms with Crippen molar-refractivity contribution >= 4 is 17.3 Å². The molecule has 0 aliphatic rings. The van der Waals surface area contributed by atoms with Crippen molar-refractivity contribution in [1.82, 2.24) is 0 Å². The fourth-order valence-electron chi connectivity index (χ4n) is 1.57. The van der Waals surface area contributed by atoms with Gasteiger partial charge in [0.2, 0.25) is 0 Å². The lowest BCUT2D eigenvalue weighted by Gasteiger charge is -2.07. The number of rotatable bonds is 4. The fraction of sp³-hybridized carbons (Fsp3) is 0.143. The SMILES string of the molecule is Cc1ccc(COc2ccc(Cl)c([N+](=O)[O-])c2)cc1. The number of nitro groups is 1. The normalized spacial score (nSPS) is 10.2. The van der Waals surface area contributed by atoms with Crippen LogP contribution in [-0.2, 0) is 6.61 Å². The van der Waals surface area contributed by atoms with Crippen molar-refractivity contribution in [3.05, 3.63) is 68.7 Å². The molecule has 0 fully saturated rings. The third-order valence-corrected chi connectivity index (χ3v) is 2.96. The molecule has 2 rings (SSSR count). The Hall–Kier alpha value is -2.07. The molecule has 0 N–H and O–H groups in total. The Bertz CT molecular complexity index is 596. The average Bonchev–Trinajstić information content (AvgIpc) is 2.39. The zero-order valence-corrected chi connectivity index (χ0v) is 11.1. The van der Waals surface area contributed by atoms with Crippen LogP contribution in [0.25, 0.3) is 0 Å². The highest BCUT2D eigenvalue weighted by molar-refractivity contribution is 6.32. The van der Waals surface area contributed by atoms with Crippen LogP contribution in [0.2, 0.25) is 5.02 Å². The standard InChI is InChI=1S/C14H12ClNO3/c1-10-2-4-11(5-3-10)9-19-12-6-7-13(15)14(8-12)16(17)18/h2-8H,9H2,1H3. The van der Waals surface area contributed by atoms with Crippen molar-refractivity contribution < 1.29 is 9.66 Å². The van der Waals surface area contributed by atoms with Gasteiger partial charge in [-0.15, -0.1) is 0 Å². The van der Waals surface area contributed by atoms with E-state index in [1.165, 1.54) is 17.7 Å². The maximum atomic E-state index is 10.8. The number of hydrogen-bond acceptors (Lipinski definition) is 3. The van der Waals surface area contributed by atoms with Crippen LogP contribution in [0.3, 0.4) is 0 Å². The second-order valence-corrected chi connectivity index (χ2v) is 4.55. The third-order valence-electron chi connectivity index (χ3n) is 2.64. The second-order valence-electron chi connectivity index (χ2n) is 4.14. The molecule has 0 radical (unpaired) electrons.